The van der Waals surface area contributed by atoms with E-state index in [2.05, 4.69) is 77.5 Å². The van der Waals surface area contributed by atoms with E-state index < -0.39 is 0 Å². The zero-order chi connectivity index (χ0) is 14.8. The predicted octanol–water partition coefficient (Wildman–Crippen LogP) is 7.39. The van der Waals surface area contributed by atoms with E-state index in [1.54, 1.807) is 11.3 Å². The molecule has 3 heterocycles. The van der Waals surface area contributed by atoms with Crippen molar-refractivity contribution in [2.24, 2.45) is 0 Å². The van der Waals surface area contributed by atoms with E-state index in [0.29, 0.717) is 0 Å². The van der Waals surface area contributed by atoms with Crippen LogP contribution in [0.4, 0.5) is 0 Å². The molecular formula is C19H13PS2. The van der Waals surface area contributed by atoms with Gasteiger partial charge in [0.25, 0.3) is 0 Å². The van der Waals surface area contributed by atoms with E-state index in [1.165, 1.54) is 39.7 Å². The van der Waals surface area contributed by atoms with Gasteiger partial charge >= 0.3 is 0 Å². The minimum absolute atomic E-state index is 1.29. The summed E-state index contributed by atoms with van der Waals surface area (Å²) in [6, 6.07) is 24.0. The Morgan fingerprint density at radius 3 is 1.95 bits per heavy atom. The average Bonchev–Trinajstić information content (AvgIpc) is 3.29. The Balaban J connectivity index is 1.91. The van der Waals surface area contributed by atoms with Crippen LogP contribution in [-0.2, 0) is 0 Å². The lowest BCUT2D eigenvalue weighted by Gasteiger charge is -2.08. The van der Waals surface area contributed by atoms with Gasteiger partial charge in [0.05, 0.1) is 0 Å². The molecule has 0 bridgehead atoms. The largest absolute Gasteiger partial charge is 0.144 e. The van der Waals surface area contributed by atoms with Crippen LogP contribution in [-0.4, -0.2) is 0 Å². The zero-order valence-corrected chi connectivity index (χ0v) is 14.3. The van der Waals surface area contributed by atoms with Crippen LogP contribution in [0, 0.1) is 0 Å². The van der Waals surface area contributed by atoms with Gasteiger partial charge in [-0.3, -0.25) is 0 Å². The summed E-state index contributed by atoms with van der Waals surface area (Å²) in [5, 5.41) is 7.05. The molecule has 4 aromatic rings. The summed E-state index contributed by atoms with van der Waals surface area (Å²) in [4.78, 5) is 2.69. The van der Waals surface area contributed by atoms with Crippen LogP contribution in [0.3, 0.4) is 0 Å². The number of rotatable bonds is 3. The van der Waals surface area contributed by atoms with E-state index in [1.807, 2.05) is 11.3 Å². The van der Waals surface area contributed by atoms with Crippen LogP contribution in [0.25, 0.3) is 31.5 Å². The summed E-state index contributed by atoms with van der Waals surface area (Å²) in [6.45, 7) is 0. The summed E-state index contributed by atoms with van der Waals surface area (Å²) >= 11 is 3.61. The first kappa shape index (κ1) is 13.9. The molecule has 4 rings (SSSR count). The molecule has 106 valence electrons. The Labute approximate surface area is 139 Å². The van der Waals surface area contributed by atoms with E-state index >= 15 is 0 Å². The molecular weight excluding hydrogens is 323 g/mol. The van der Waals surface area contributed by atoms with E-state index in [-0.39, 0.29) is 0 Å². The maximum Gasteiger partial charge on any atom is 0.0389 e. The number of benzene rings is 1. The molecule has 0 aliphatic rings. The summed E-state index contributed by atoms with van der Waals surface area (Å²) in [7, 11) is 1.29. The number of thiophene rings is 2. The second-order valence-electron chi connectivity index (χ2n) is 4.95. The van der Waals surface area contributed by atoms with Crippen molar-refractivity contribution in [2.75, 3.05) is 0 Å². The van der Waals surface area contributed by atoms with Gasteiger partial charge in [0, 0.05) is 20.3 Å². The first-order valence-corrected chi connectivity index (χ1v) is 9.71. The summed E-state index contributed by atoms with van der Waals surface area (Å²) in [6.07, 6.45) is 0. The Morgan fingerprint density at radius 1 is 0.591 bits per heavy atom. The Morgan fingerprint density at radius 2 is 1.27 bits per heavy atom. The van der Waals surface area contributed by atoms with Crippen molar-refractivity contribution in [3.8, 4) is 31.5 Å². The Hall–Kier alpha value is -1.73. The van der Waals surface area contributed by atoms with Crippen molar-refractivity contribution in [1.29, 1.82) is 0 Å². The third-order valence-corrected chi connectivity index (χ3v) is 6.69. The van der Waals surface area contributed by atoms with Crippen molar-refractivity contribution in [1.82, 2.24) is 0 Å². The highest BCUT2D eigenvalue weighted by Gasteiger charge is 2.08. The molecule has 0 fully saturated rings. The van der Waals surface area contributed by atoms with Gasteiger partial charge in [-0.2, -0.15) is 0 Å². The molecule has 0 unspecified atom stereocenters. The summed E-state index contributed by atoms with van der Waals surface area (Å²) < 4.78 is 0. The van der Waals surface area contributed by atoms with Crippen molar-refractivity contribution in [2.45, 2.75) is 0 Å². The second kappa shape index (κ2) is 6.18. The molecule has 0 saturated heterocycles. The minimum Gasteiger partial charge on any atom is -0.144 e. The summed E-state index contributed by atoms with van der Waals surface area (Å²) in [5.41, 5.74) is 2.62. The van der Waals surface area contributed by atoms with Crippen molar-refractivity contribution < 1.29 is 0 Å². The van der Waals surface area contributed by atoms with Crippen LogP contribution >= 0.6 is 30.9 Å². The second-order valence-corrected chi connectivity index (χ2v) is 8.03. The van der Waals surface area contributed by atoms with Crippen LogP contribution < -0.4 is 0 Å². The third-order valence-electron chi connectivity index (χ3n) is 3.47. The van der Waals surface area contributed by atoms with Crippen LogP contribution in [0.5, 0.6) is 0 Å². The highest BCUT2D eigenvalue weighted by atomic mass is 32.1. The molecule has 0 atom stereocenters. The van der Waals surface area contributed by atoms with Gasteiger partial charge in [-0.1, -0.05) is 50.7 Å². The fourth-order valence-corrected chi connectivity index (χ4v) is 5.20. The fraction of sp³-hybridized carbons (Fsp3) is 0. The van der Waals surface area contributed by atoms with Gasteiger partial charge in [0.2, 0.25) is 0 Å². The molecule has 0 nitrogen and oxygen atoms in total. The van der Waals surface area contributed by atoms with E-state index in [0.717, 1.165) is 0 Å². The molecule has 0 saturated carbocycles. The molecule has 0 N–H and O–H groups in total. The maximum absolute atomic E-state index is 2.34. The molecule has 1 aromatic carbocycles. The molecule has 0 radical (unpaired) electrons. The minimum atomic E-state index is 1.29. The number of hydrogen-bond acceptors (Lipinski definition) is 2. The van der Waals surface area contributed by atoms with Gasteiger partial charge < -0.3 is 0 Å². The van der Waals surface area contributed by atoms with Crippen LogP contribution in [0.15, 0.2) is 77.5 Å². The van der Waals surface area contributed by atoms with E-state index in [9.17, 15) is 0 Å². The predicted molar refractivity (Wildman–Crippen MR) is 101 cm³/mol. The van der Waals surface area contributed by atoms with Crippen LogP contribution in [0.1, 0.15) is 0 Å². The lowest BCUT2D eigenvalue weighted by molar-refractivity contribution is 1.68. The molecule has 0 aliphatic carbocycles. The monoisotopic (exact) mass is 336 g/mol. The molecule has 0 spiro atoms. The van der Waals surface area contributed by atoms with Crippen molar-refractivity contribution >= 4 is 30.9 Å². The highest BCUT2D eigenvalue weighted by Crippen LogP contribution is 2.42. The van der Waals surface area contributed by atoms with Gasteiger partial charge in [-0.05, 0) is 46.2 Å². The van der Waals surface area contributed by atoms with Gasteiger partial charge in [-0.15, -0.1) is 22.7 Å². The molecule has 0 aliphatic heterocycles. The maximum atomic E-state index is 2.34. The lowest BCUT2D eigenvalue weighted by atomic mass is 10.1. The first-order chi connectivity index (χ1) is 10.9. The normalized spacial score (nSPS) is 11.1. The standard InChI is InChI=1S/C19H13PS2/c1-2-6-14(7-3-1)16-12-15(18-8-4-10-21-18)13-17(20-16)19-9-5-11-22-19/h1-13H. The molecule has 3 aromatic heterocycles. The molecule has 3 heteroatoms. The van der Waals surface area contributed by atoms with Gasteiger partial charge in [-0.25, -0.2) is 0 Å². The van der Waals surface area contributed by atoms with Gasteiger partial charge in [0.15, 0.2) is 0 Å². The quantitative estimate of drug-likeness (QED) is 0.366. The third kappa shape index (κ3) is 2.78. The Bertz CT molecular complexity index is 811. The zero-order valence-electron chi connectivity index (χ0n) is 11.8. The topological polar surface area (TPSA) is 0 Å². The fourth-order valence-electron chi connectivity index (χ4n) is 2.42. The van der Waals surface area contributed by atoms with Crippen LogP contribution in [0.2, 0.25) is 0 Å². The van der Waals surface area contributed by atoms with Crippen molar-refractivity contribution in [3.63, 3.8) is 0 Å². The highest BCUT2D eigenvalue weighted by molar-refractivity contribution is 7.39. The smallest absolute Gasteiger partial charge is 0.0389 e. The summed E-state index contributed by atoms with van der Waals surface area (Å²) in [5.74, 6) is 0. The number of hydrogen-bond donors (Lipinski definition) is 0. The van der Waals surface area contributed by atoms with E-state index in [4.69, 9.17) is 0 Å². The molecule has 0 amide bonds. The first-order valence-electron chi connectivity index (χ1n) is 7.05. The lowest BCUT2D eigenvalue weighted by Crippen LogP contribution is -1.78. The molecule has 22 heavy (non-hydrogen) atoms. The SMILES string of the molecule is c1ccc(-c2cc(-c3cccs3)cc(-c3cccs3)p2)cc1. The van der Waals surface area contributed by atoms with Crippen molar-refractivity contribution in [3.05, 3.63) is 77.5 Å². The Kier molecular flexibility index (Phi) is 3.90. The van der Waals surface area contributed by atoms with Gasteiger partial charge in [0.1, 0.15) is 0 Å². The average molecular weight is 336 g/mol.